The standard InChI is InChI=1S/C6H14BNO3/c1-2-8-3-5-10-7(9)11-6-4-8/h9H,2-6H2,1H3. The number of hydrogen-bond donors (Lipinski definition) is 1. The van der Waals surface area contributed by atoms with E-state index >= 15 is 0 Å². The molecule has 5 heteroatoms. The van der Waals surface area contributed by atoms with Crippen molar-refractivity contribution < 1.29 is 14.3 Å². The van der Waals surface area contributed by atoms with E-state index in [1.165, 1.54) is 0 Å². The highest BCUT2D eigenvalue weighted by Gasteiger charge is 2.18. The molecule has 1 rings (SSSR count). The Bertz CT molecular complexity index is 104. The molecule has 0 amide bonds. The van der Waals surface area contributed by atoms with Gasteiger partial charge in [-0.05, 0) is 6.54 Å². The van der Waals surface area contributed by atoms with Gasteiger partial charge in [-0.2, -0.15) is 0 Å². The van der Waals surface area contributed by atoms with Crippen molar-refractivity contribution in [3.8, 4) is 0 Å². The van der Waals surface area contributed by atoms with Gasteiger partial charge in [-0.15, -0.1) is 0 Å². The third kappa shape index (κ3) is 3.20. The smallest absolute Gasteiger partial charge is 0.402 e. The fourth-order valence-electron chi connectivity index (χ4n) is 1.04. The van der Waals surface area contributed by atoms with E-state index in [0.29, 0.717) is 13.2 Å². The lowest BCUT2D eigenvalue weighted by Gasteiger charge is -2.23. The SMILES string of the molecule is CCN1CCOB(O)OCC1. The first-order valence-corrected chi connectivity index (χ1v) is 3.96. The number of rotatable bonds is 1. The number of hydrogen-bond acceptors (Lipinski definition) is 4. The third-order valence-electron chi connectivity index (χ3n) is 1.78. The zero-order chi connectivity index (χ0) is 8.10. The van der Waals surface area contributed by atoms with Crippen molar-refractivity contribution in [1.29, 1.82) is 0 Å². The predicted octanol–water partition coefficient (Wildman–Crippen LogP) is -0.668. The van der Waals surface area contributed by atoms with Crippen molar-refractivity contribution in [1.82, 2.24) is 4.90 Å². The van der Waals surface area contributed by atoms with Crippen LogP contribution in [-0.4, -0.2) is 50.1 Å². The monoisotopic (exact) mass is 159 g/mol. The largest absolute Gasteiger partial charge is 0.636 e. The second-order valence-electron chi connectivity index (χ2n) is 2.48. The molecule has 0 aromatic carbocycles. The van der Waals surface area contributed by atoms with Gasteiger partial charge in [0.25, 0.3) is 0 Å². The number of likely N-dealkylation sites (N-methyl/N-ethyl adjacent to an activating group) is 1. The van der Waals surface area contributed by atoms with Crippen LogP contribution in [0.4, 0.5) is 0 Å². The Hall–Kier alpha value is -0.0951. The van der Waals surface area contributed by atoms with Gasteiger partial charge in [0, 0.05) is 26.3 Å². The van der Waals surface area contributed by atoms with Crippen molar-refractivity contribution in [2.24, 2.45) is 0 Å². The van der Waals surface area contributed by atoms with Crippen molar-refractivity contribution in [3.63, 3.8) is 0 Å². The first-order valence-electron chi connectivity index (χ1n) is 3.96. The quantitative estimate of drug-likeness (QED) is 0.515. The van der Waals surface area contributed by atoms with Gasteiger partial charge in [0.2, 0.25) is 0 Å². The van der Waals surface area contributed by atoms with Crippen LogP contribution in [-0.2, 0) is 9.31 Å². The molecule has 0 spiro atoms. The molecule has 0 aromatic rings. The maximum absolute atomic E-state index is 8.91. The molecule has 1 saturated heterocycles. The summed E-state index contributed by atoms with van der Waals surface area (Å²) >= 11 is 0. The molecule has 0 bridgehead atoms. The van der Waals surface area contributed by atoms with E-state index in [-0.39, 0.29) is 0 Å². The lowest BCUT2D eigenvalue weighted by atomic mass is 10.2. The van der Waals surface area contributed by atoms with E-state index in [2.05, 4.69) is 11.8 Å². The zero-order valence-electron chi connectivity index (χ0n) is 6.82. The van der Waals surface area contributed by atoms with Crippen LogP contribution >= 0.6 is 0 Å². The van der Waals surface area contributed by atoms with Crippen LogP contribution in [0.2, 0.25) is 0 Å². The van der Waals surface area contributed by atoms with Crippen LogP contribution in [0.1, 0.15) is 6.92 Å². The summed E-state index contributed by atoms with van der Waals surface area (Å²) in [4.78, 5) is 2.21. The molecule has 11 heavy (non-hydrogen) atoms. The summed E-state index contributed by atoms with van der Waals surface area (Å²) in [6.07, 6.45) is 0. The highest BCUT2D eigenvalue weighted by molar-refractivity contribution is 6.34. The van der Waals surface area contributed by atoms with Gasteiger partial charge in [-0.1, -0.05) is 6.92 Å². The zero-order valence-corrected chi connectivity index (χ0v) is 6.82. The maximum atomic E-state index is 8.91. The molecule has 0 unspecified atom stereocenters. The van der Waals surface area contributed by atoms with Gasteiger partial charge < -0.3 is 14.3 Å². The average molecular weight is 159 g/mol. The van der Waals surface area contributed by atoms with E-state index in [9.17, 15) is 0 Å². The second-order valence-corrected chi connectivity index (χ2v) is 2.48. The van der Waals surface area contributed by atoms with E-state index < -0.39 is 7.32 Å². The molecule has 1 aliphatic heterocycles. The van der Waals surface area contributed by atoms with Gasteiger partial charge in [-0.3, -0.25) is 4.90 Å². The summed E-state index contributed by atoms with van der Waals surface area (Å²) in [7, 11) is -1.02. The van der Waals surface area contributed by atoms with Crippen LogP contribution in [0.15, 0.2) is 0 Å². The van der Waals surface area contributed by atoms with E-state index in [0.717, 1.165) is 19.6 Å². The lowest BCUT2D eigenvalue weighted by molar-refractivity contribution is 0.0764. The summed E-state index contributed by atoms with van der Waals surface area (Å²) in [5.74, 6) is 0. The summed E-state index contributed by atoms with van der Waals surface area (Å²) in [5.41, 5.74) is 0. The molecule has 0 aliphatic carbocycles. The molecule has 64 valence electrons. The van der Waals surface area contributed by atoms with Crippen LogP contribution in [0.25, 0.3) is 0 Å². The summed E-state index contributed by atoms with van der Waals surface area (Å²) in [6, 6.07) is 0. The van der Waals surface area contributed by atoms with Crippen molar-refractivity contribution in [3.05, 3.63) is 0 Å². The van der Waals surface area contributed by atoms with Crippen molar-refractivity contribution in [2.45, 2.75) is 6.92 Å². The predicted molar refractivity (Wildman–Crippen MR) is 42.0 cm³/mol. The summed E-state index contributed by atoms with van der Waals surface area (Å²) < 4.78 is 9.81. The Balaban J connectivity index is 2.22. The Morgan fingerprint density at radius 2 is 1.91 bits per heavy atom. The highest BCUT2D eigenvalue weighted by Crippen LogP contribution is 1.95. The fraction of sp³-hybridized carbons (Fsp3) is 1.00. The van der Waals surface area contributed by atoms with Crippen LogP contribution in [0, 0.1) is 0 Å². The molecular weight excluding hydrogens is 145 g/mol. The molecule has 1 aliphatic rings. The molecule has 0 saturated carbocycles. The third-order valence-corrected chi connectivity index (χ3v) is 1.78. The molecule has 1 fully saturated rings. The van der Waals surface area contributed by atoms with Crippen LogP contribution in [0.5, 0.6) is 0 Å². The number of nitrogens with zero attached hydrogens (tertiary/aromatic N) is 1. The molecule has 0 atom stereocenters. The van der Waals surface area contributed by atoms with Gasteiger partial charge in [0.15, 0.2) is 0 Å². The molecule has 1 heterocycles. The second kappa shape index (κ2) is 4.72. The first-order chi connectivity index (χ1) is 5.33. The van der Waals surface area contributed by atoms with Crippen molar-refractivity contribution in [2.75, 3.05) is 32.8 Å². The average Bonchev–Trinajstić information content (AvgIpc) is 1.96. The van der Waals surface area contributed by atoms with E-state index in [1.807, 2.05) is 0 Å². The fourth-order valence-corrected chi connectivity index (χ4v) is 1.04. The molecule has 0 aromatic heterocycles. The minimum absolute atomic E-state index is 0.537. The lowest BCUT2D eigenvalue weighted by Crippen LogP contribution is -2.38. The van der Waals surface area contributed by atoms with Gasteiger partial charge in [0.05, 0.1) is 0 Å². The van der Waals surface area contributed by atoms with Crippen LogP contribution < -0.4 is 0 Å². The molecule has 0 radical (unpaired) electrons. The Morgan fingerprint density at radius 1 is 1.36 bits per heavy atom. The van der Waals surface area contributed by atoms with E-state index in [4.69, 9.17) is 14.3 Å². The summed E-state index contributed by atoms with van der Waals surface area (Å²) in [6.45, 7) is 5.92. The normalized spacial score (nSPS) is 22.9. The van der Waals surface area contributed by atoms with E-state index in [1.54, 1.807) is 0 Å². The van der Waals surface area contributed by atoms with Gasteiger partial charge in [-0.25, -0.2) is 0 Å². The highest BCUT2D eigenvalue weighted by atomic mass is 16.7. The molecular formula is C6H14BNO3. The Morgan fingerprint density at radius 3 is 2.36 bits per heavy atom. The van der Waals surface area contributed by atoms with Crippen molar-refractivity contribution >= 4 is 7.32 Å². The Kier molecular flexibility index (Phi) is 3.86. The maximum Gasteiger partial charge on any atom is 0.636 e. The minimum Gasteiger partial charge on any atom is -0.402 e. The molecule has 1 N–H and O–H groups in total. The Labute approximate surface area is 67.3 Å². The van der Waals surface area contributed by atoms with Gasteiger partial charge >= 0.3 is 7.32 Å². The van der Waals surface area contributed by atoms with Crippen LogP contribution in [0.3, 0.4) is 0 Å². The van der Waals surface area contributed by atoms with Gasteiger partial charge in [0.1, 0.15) is 0 Å². The topological polar surface area (TPSA) is 41.9 Å². The molecule has 4 nitrogen and oxygen atoms in total. The minimum atomic E-state index is -1.02. The first kappa shape index (κ1) is 9.00. The summed E-state index contributed by atoms with van der Waals surface area (Å²) in [5, 5.41) is 8.91.